The third kappa shape index (κ3) is 4.91. The van der Waals surface area contributed by atoms with E-state index in [1.165, 1.54) is 27.8 Å². The lowest BCUT2D eigenvalue weighted by Gasteiger charge is -2.30. The third-order valence-corrected chi connectivity index (χ3v) is 5.99. The summed E-state index contributed by atoms with van der Waals surface area (Å²) in [4.78, 5) is 14.1. The largest absolute Gasteiger partial charge is 0.466 e. The van der Waals surface area contributed by atoms with Gasteiger partial charge in [-0.2, -0.15) is 0 Å². The molecule has 0 aromatic heterocycles. The van der Waals surface area contributed by atoms with Crippen molar-refractivity contribution in [2.45, 2.75) is 39.0 Å². The Balaban J connectivity index is 0.00000240. The summed E-state index contributed by atoms with van der Waals surface area (Å²) in [6.07, 6.45) is 4.85. The lowest BCUT2D eigenvalue weighted by molar-refractivity contribution is -0.143. The molecule has 1 aliphatic heterocycles. The van der Waals surface area contributed by atoms with E-state index in [4.69, 9.17) is 4.74 Å². The molecule has 1 aliphatic carbocycles. The number of carbonyl (C=O) groups excluding carboxylic acids is 1. The van der Waals surface area contributed by atoms with E-state index in [9.17, 15) is 4.79 Å². The van der Waals surface area contributed by atoms with Crippen LogP contribution in [0.15, 0.2) is 54.1 Å². The lowest BCUT2D eigenvalue weighted by Crippen LogP contribution is -2.33. The maximum absolute atomic E-state index is 11.7. The van der Waals surface area contributed by atoms with Crippen LogP contribution < -0.4 is 0 Å². The Labute approximate surface area is 180 Å². The molecule has 29 heavy (non-hydrogen) atoms. The summed E-state index contributed by atoms with van der Waals surface area (Å²) in [5, 5.41) is 0. The molecule has 1 saturated heterocycles. The molecule has 0 atom stereocenters. The van der Waals surface area contributed by atoms with Crippen LogP contribution in [-0.2, 0) is 22.4 Å². The zero-order valence-corrected chi connectivity index (χ0v) is 18.0. The molecule has 154 valence electrons. The molecule has 0 saturated carbocycles. The molecule has 0 bridgehead atoms. The number of aryl methyl sites for hydroxylation is 2. The van der Waals surface area contributed by atoms with Crippen molar-refractivity contribution in [2.75, 3.05) is 26.2 Å². The summed E-state index contributed by atoms with van der Waals surface area (Å²) in [6.45, 7) is 5.16. The summed E-state index contributed by atoms with van der Waals surface area (Å²) in [5.74, 6) is -0.0849. The van der Waals surface area contributed by atoms with E-state index in [1.807, 2.05) is 6.92 Å². The van der Waals surface area contributed by atoms with Crippen molar-refractivity contribution >= 4 is 23.9 Å². The molecular weight excluding hydrogens is 382 g/mol. The van der Waals surface area contributed by atoms with E-state index in [2.05, 4.69) is 53.4 Å². The van der Waals surface area contributed by atoms with Crippen molar-refractivity contribution in [1.29, 1.82) is 0 Å². The molecular formula is C25H30ClNO2. The number of esters is 1. The number of piperidine rings is 1. The summed E-state index contributed by atoms with van der Waals surface area (Å²) in [5.41, 5.74) is 8.80. The molecule has 0 amide bonds. The van der Waals surface area contributed by atoms with Crippen molar-refractivity contribution in [2.24, 2.45) is 0 Å². The highest BCUT2D eigenvalue weighted by Crippen LogP contribution is 2.38. The van der Waals surface area contributed by atoms with Gasteiger partial charge >= 0.3 is 5.97 Å². The minimum atomic E-state index is -0.0849. The van der Waals surface area contributed by atoms with Crippen molar-refractivity contribution < 1.29 is 9.53 Å². The summed E-state index contributed by atoms with van der Waals surface area (Å²) >= 11 is 0. The van der Waals surface area contributed by atoms with Gasteiger partial charge in [-0.1, -0.05) is 54.1 Å². The fraction of sp³-hybridized carbons (Fsp3) is 0.400. The van der Waals surface area contributed by atoms with E-state index in [1.54, 1.807) is 5.57 Å². The van der Waals surface area contributed by atoms with Gasteiger partial charge < -0.3 is 9.64 Å². The Morgan fingerprint density at radius 2 is 1.45 bits per heavy atom. The molecule has 0 spiro atoms. The van der Waals surface area contributed by atoms with Gasteiger partial charge in [-0.05, 0) is 60.4 Å². The molecule has 0 N–H and O–H groups in total. The molecule has 0 unspecified atom stereocenters. The van der Waals surface area contributed by atoms with Crippen molar-refractivity contribution in [3.8, 4) is 0 Å². The van der Waals surface area contributed by atoms with Gasteiger partial charge in [-0.3, -0.25) is 4.79 Å². The maximum Gasteiger partial charge on any atom is 0.307 e. The molecule has 2 aromatic rings. The van der Waals surface area contributed by atoms with Gasteiger partial charge in [-0.25, -0.2) is 0 Å². The Morgan fingerprint density at radius 3 is 2.00 bits per heavy atom. The van der Waals surface area contributed by atoms with Crippen LogP contribution >= 0.6 is 12.4 Å². The number of fused-ring (bicyclic) bond motifs is 2. The third-order valence-electron chi connectivity index (χ3n) is 5.99. The van der Waals surface area contributed by atoms with Crippen LogP contribution in [0.2, 0.25) is 0 Å². The van der Waals surface area contributed by atoms with Crippen LogP contribution in [0.5, 0.6) is 0 Å². The van der Waals surface area contributed by atoms with Crippen molar-refractivity contribution in [3.63, 3.8) is 0 Å². The second kappa shape index (κ2) is 10.1. The number of carbonyl (C=O) groups is 1. The smallest absolute Gasteiger partial charge is 0.307 e. The Hall–Kier alpha value is -2.10. The van der Waals surface area contributed by atoms with Gasteiger partial charge in [0.05, 0.1) is 13.0 Å². The van der Waals surface area contributed by atoms with Gasteiger partial charge in [-0.15, -0.1) is 12.4 Å². The molecule has 1 heterocycles. The number of benzene rings is 2. The predicted octanol–water partition coefficient (Wildman–Crippen LogP) is 5.06. The first kappa shape index (κ1) is 21.6. The number of ether oxygens (including phenoxy) is 1. The van der Waals surface area contributed by atoms with Crippen LogP contribution in [0.1, 0.15) is 48.4 Å². The predicted molar refractivity (Wildman–Crippen MR) is 120 cm³/mol. The molecule has 4 rings (SSSR count). The number of halogens is 1. The highest BCUT2D eigenvalue weighted by molar-refractivity contribution is 5.86. The van der Waals surface area contributed by atoms with Gasteiger partial charge in [0, 0.05) is 19.6 Å². The summed E-state index contributed by atoms with van der Waals surface area (Å²) in [7, 11) is 0. The van der Waals surface area contributed by atoms with Gasteiger partial charge in [0.2, 0.25) is 0 Å². The minimum absolute atomic E-state index is 0. The Morgan fingerprint density at radius 1 is 0.897 bits per heavy atom. The Kier molecular flexibility index (Phi) is 7.51. The summed E-state index contributed by atoms with van der Waals surface area (Å²) < 4.78 is 5.07. The van der Waals surface area contributed by atoms with Crippen LogP contribution in [0.3, 0.4) is 0 Å². The number of nitrogens with zero attached hydrogens (tertiary/aromatic N) is 1. The van der Waals surface area contributed by atoms with Crippen LogP contribution in [0.25, 0.3) is 5.57 Å². The highest BCUT2D eigenvalue weighted by atomic mass is 35.5. The number of hydrogen-bond donors (Lipinski definition) is 0. The monoisotopic (exact) mass is 411 g/mol. The SMILES string of the molecule is CCOC(=O)CCN1CCC(=C2c3ccccc3CCc3ccccc32)CC1.Cl. The molecule has 0 radical (unpaired) electrons. The first-order chi connectivity index (χ1) is 13.8. The molecule has 4 heteroatoms. The van der Waals surface area contributed by atoms with Crippen molar-refractivity contribution in [1.82, 2.24) is 4.90 Å². The van der Waals surface area contributed by atoms with Crippen LogP contribution in [-0.4, -0.2) is 37.1 Å². The van der Waals surface area contributed by atoms with Gasteiger partial charge in [0.25, 0.3) is 0 Å². The number of hydrogen-bond acceptors (Lipinski definition) is 3. The molecule has 2 aliphatic rings. The Bertz CT molecular complexity index is 830. The second-order valence-electron chi connectivity index (χ2n) is 7.69. The molecule has 3 nitrogen and oxygen atoms in total. The first-order valence-electron chi connectivity index (χ1n) is 10.5. The molecule has 2 aromatic carbocycles. The average molecular weight is 412 g/mol. The normalized spacial score (nSPS) is 16.3. The average Bonchev–Trinajstić information content (AvgIpc) is 2.90. The second-order valence-corrected chi connectivity index (χ2v) is 7.69. The van der Waals surface area contributed by atoms with E-state index in [0.29, 0.717) is 13.0 Å². The number of likely N-dealkylation sites (tertiary alicyclic amines) is 1. The standard InChI is InChI=1S/C25H29NO2.ClH/c1-2-28-24(27)15-18-26-16-13-21(14-17-26)25-22-9-5-3-7-19(22)11-12-20-8-4-6-10-23(20)25;/h3-10H,2,11-18H2,1H3;1H. The minimum Gasteiger partial charge on any atom is -0.466 e. The summed E-state index contributed by atoms with van der Waals surface area (Å²) in [6, 6.07) is 17.8. The van der Waals surface area contributed by atoms with E-state index >= 15 is 0 Å². The van der Waals surface area contributed by atoms with Crippen LogP contribution in [0.4, 0.5) is 0 Å². The fourth-order valence-corrected chi connectivity index (χ4v) is 4.54. The van der Waals surface area contributed by atoms with E-state index < -0.39 is 0 Å². The van der Waals surface area contributed by atoms with E-state index in [-0.39, 0.29) is 18.4 Å². The first-order valence-corrected chi connectivity index (χ1v) is 10.5. The van der Waals surface area contributed by atoms with Crippen molar-refractivity contribution in [3.05, 3.63) is 76.4 Å². The zero-order chi connectivity index (χ0) is 19.3. The highest BCUT2D eigenvalue weighted by Gasteiger charge is 2.23. The van der Waals surface area contributed by atoms with Gasteiger partial charge in [0.15, 0.2) is 0 Å². The number of rotatable bonds is 4. The quantitative estimate of drug-likeness (QED) is 0.658. The topological polar surface area (TPSA) is 29.5 Å². The fourth-order valence-electron chi connectivity index (χ4n) is 4.54. The lowest BCUT2D eigenvalue weighted by atomic mass is 9.86. The van der Waals surface area contributed by atoms with Crippen LogP contribution in [0, 0.1) is 0 Å². The molecule has 1 fully saturated rings. The van der Waals surface area contributed by atoms with Gasteiger partial charge in [0.1, 0.15) is 0 Å². The van der Waals surface area contributed by atoms with E-state index in [0.717, 1.165) is 45.3 Å². The zero-order valence-electron chi connectivity index (χ0n) is 17.2. The maximum atomic E-state index is 11.7.